The lowest BCUT2D eigenvalue weighted by Crippen LogP contribution is -2.17. The highest BCUT2D eigenvalue weighted by molar-refractivity contribution is 8.14. The normalized spacial score (nSPS) is 21.0. The fraction of sp³-hybridized carbons (Fsp3) is 0.500. The van der Waals surface area contributed by atoms with E-state index in [9.17, 15) is 0 Å². The molecule has 4 heteroatoms. The predicted octanol–water partition coefficient (Wildman–Crippen LogP) is 2.64. The smallest absolute Gasteiger partial charge is 0.157 e. The van der Waals surface area contributed by atoms with E-state index in [0.29, 0.717) is 5.25 Å². The summed E-state index contributed by atoms with van der Waals surface area (Å²) in [6.45, 7) is 6.20. The van der Waals surface area contributed by atoms with Crippen molar-refractivity contribution in [3.8, 4) is 0 Å². The number of hydrogen-bond acceptors (Lipinski definition) is 4. The zero-order valence-electron chi connectivity index (χ0n) is 8.41. The van der Waals surface area contributed by atoms with Gasteiger partial charge in [-0.25, -0.2) is 0 Å². The van der Waals surface area contributed by atoms with E-state index in [4.69, 9.17) is 0 Å². The lowest BCUT2D eigenvalue weighted by molar-refractivity contribution is 0.927. The van der Waals surface area contributed by atoms with Crippen LogP contribution < -0.4 is 5.32 Å². The number of amidine groups is 1. The van der Waals surface area contributed by atoms with Crippen molar-refractivity contribution in [2.75, 3.05) is 6.54 Å². The second-order valence-corrected chi connectivity index (χ2v) is 5.94. The van der Waals surface area contributed by atoms with Crippen LogP contribution in [0.4, 0.5) is 0 Å². The highest BCUT2D eigenvalue weighted by atomic mass is 32.2. The third-order valence-electron chi connectivity index (χ3n) is 2.00. The van der Waals surface area contributed by atoms with E-state index in [2.05, 4.69) is 35.6 Å². The third kappa shape index (κ3) is 2.51. The van der Waals surface area contributed by atoms with Gasteiger partial charge in [0.2, 0.25) is 0 Å². The van der Waals surface area contributed by atoms with Crippen molar-refractivity contribution in [3.05, 3.63) is 21.9 Å². The van der Waals surface area contributed by atoms with E-state index in [0.717, 1.165) is 18.3 Å². The second kappa shape index (κ2) is 4.36. The topological polar surface area (TPSA) is 24.4 Å². The molecule has 0 amide bonds. The molecule has 0 bridgehead atoms. The molecule has 1 aliphatic rings. The summed E-state index contributed by atoms with van der Waals surface area (Å²) >= 11 is 3.64. The average molecular weight is 226 g/mol. The van der Waals surface area contributed by atoms with Gasteiger partial charge in [-0.1, -0.05) is 18.7 Å². The standard InChI is InChI=1S/C10H14N2S2/c1-7-3-9(13-6-7)5-12-10-11-4-8(2)14-10/h3,6,8H,4-5H2,1-2H3,(H,11,12). The van der Waals surface area contributed by atoms with Gasteiger partial charge in [0, 0.05) is 10.1 Å². The molecule has 0 aromatic carbocycles. The summed E-state index contributed by atoms with van der Waals surface area (Å²) < 4.78 is 0. The number of thiophene rings is 1. The molecule has 14 heavy (non-hydrogen) atoms. The van der Waals surface area contributed by atoms with Crippen molar-refractivity contribution < 1.29 is 0 Å². The molecule has 0 aliphatic carbocycles. The molecule has 0 saturated carbocycles. The molecule has 1 aromatic rings. The van der Waals surface area contributed by atoms with Gasteiger partial charge in [0.1, 0.15) is 0 Å². The molecule has 0 fully saturated rings. The van der Waals surface area contributed by atoms with E-state index in [1.165, 1.54) is 10.4 Å². The van der Waals surface area contributed by atoms with Gasteiger partial charge in [-0.15, -0.1) is 11.3 Å². The van der Waals surface area contributed by atoms with Gasteiger partial charge in [-0.3, -0.25) is 4.99 Å². The van der Waals surface area contributed by atoms with Gasteiger partial charge in [-0.05, 0) is 23.9 Å². The first-order valence-corrected chi connectivity index (χ1v) is 6.49. The molecular formula is C10H14N2S2. The van der Waals surface area contributed by atoms with Crippen LogP contribution in [0.2, 0.25) is 0 Å². The second-order valence-electron chi connectivity index (χ2n) is 3.52. The van der Waals surface area contributed by atoms with Crippen molar-refractivity contribution >= 4 is 28.3 Å². The molecule has 1 atom stereocenters. The highest BCUT2D eigenvalue weighted by Gasteiger charge is 2.14. The van der Waals surface area contributed by atoms with Crippen molar-refractivity contribution in [3.63, 3.8) is 0 Å². The van der Waals surface area contributed by atoms with Crippen LogP contribution in [0.1, 0.15) is 17.4 Å². The summed E-state index contributed by atoms with van der Waals surface area (Å²) in [7, 11) is 0. The van der Waals surface area contributed by atoms with Crippen LogP contribution >= 0.6 is 23.1 Å². The number of rotatable bonds is 2. The molecule has 1 N–H and O–H groups in total. The summed E-state index contributed by atoms with van der Waals surface area (Å²) in [4.78, 5) is 5.79. The van der Waals surface area contributed by atoms with Crippen molar-refractivity contribution in [1.29, 1.82) is 0 Å². The molecule has 1 aromatic heterocycles. The van der Waals surface area contributed by atoms with E-state index in [-0.39, 0.29) is 0 Å². The van der Waals surface area contributed by atoms with Gasteiger partial charge in [0.15, 0.2) is 5.17 Å². The number of thioether (sulfide) groups is 1. The van der Waals surface area contributed by atoms with Crippen LogP contribution in [0.15, 0.2) is 16.4 Å². The van der Waals surface area contributed by atoms with Crippen LogP contribution in [0, 0.1) is 6.92 Å². The average Bonchev–Trinajstić information content (AvgIpc) is 2.72. The first-order chi connectivity index (χ1) is 6.74. The molecule has 76 valence electrons. The molecule has 0 saturated heterocycles. The zero-order chi connectivity index (χ0) is 9.97. The minimum atomic E-state index is 0.641. The lowest BCUT2D eigenvalue weighted by Gasteiger charge is -2.03. The molecule has 2 nitrogen and oxygen atoms in total. The van der Waals surface area contributed by atoms with Crippen molar-refractivity contribution in [1.82, 2.24) is 5.32 Å². The molecular weight excluding hydrogens is 212 g/mol. The van der Waals surface area contributed by atoms with Crippen LogP contribution in [0.5, 0.6) is 0 Å². The van der Waals surface area contributed by atoms with Crippen LogP contribution in [0.3, 0.4) is 0 Å². The largest absolute Gasteiger partial charge is 0.360 e. The van der Waals surface area contributed by atoms with E-state index >= 15 is 0 Å². The van der Waals surface area contributed by atoms with Crippen LogP contribution in [0.25, 0.3) is 0 Å². The Morgan fingerprint density at radius 2 is 2.50 bits per heavy atom. The number of aryl methyl sites for hydroxylation is 1. The van der Waals surface area contributed by atoms with Gasteiger partial charge in [-0.2, -0.15) is 0 Å². The maximum atomic E-state index is 4.41. The SMILES string of the molecule is Cc1csc(CNC2=NCC(C)S2)c1. The van der Waals surface area contributed by atoms with Gasteiger partial charge < -0.3 is 5.32 Å². The summed E-state index contributed by atoms with van der Waals surface area (Å²) in [5.74, 6) is 0. The maximum Gasteiger partial charge on any atom is 0.157 e. The number of aliphatic imine (C=N–C) groups is 1. The first kappa shape index (κ1) is 10.1. The van der Waals surface area contributed by atoms with E-state index in [1.807, 2.05) is 11.8 Å². The Morgan fingerprint density at radius 1 is 1.64 bits per heavy atom. The van der Waals surface area contributed by atoms with Gasteiger partial charge in [0.25, 0.3) is 0 Å². The van der Waals surface area contributed by atoms with Gasteiger partial charge >= 0.3 is 0 Å². The Balaban J connectivity index is 1.83. The Morgan fingerprint density at radius 3 is 3.07 bits per heavy atom. The number of nitrogens with one attached hydrogen (secondary N) is 1. The van der Waals surface area contributed by atoms with Crippen molar-refractivity contribution in [2.24, 2.45) is 4.99 Å². The predicted molar refractivity (Wildman–Crippen MR) is 65.3 cm³/mol. The fourth-order valence-electron chi connectivity index (χ4n) is 1.32. The highest BCUT2D eigenvalue weighted by Crippen LogP contribution is 2.19. The molecule has 2 rings (SSSR count). The van der Waals surface area contributed by atoms with E-state index < -0.39 is 0 Å². The summed E-state index contributed by atoms with van der Waals surface area (Å²) in [5.41, 5.74) is 1.35. The summed E-state index contributed by atoms with van der Waals surface area (Å²) in [5, 5.41) is 7.29. The Hall–Kier alpha value is -0.480. The number of nitrogens with zero attached hydrogens (tertiary/aromatic N) is 1. The molecule has 1 aliphatic heterocycles. The third-order valence-corrected chi connectivity index (χ3v) is 4.11. The summed E-state index contributed by atoms with van der Waals surface area (Å²) in [6, 6.07) is 2.22. The monoisotopic (exact) mass is 226 g/mol. The summed E-state index contributed by atoms with van der Waals surface area (Å²) in [6.07, 6.45) is 0. The minimum absolute atomic E-state index is 0.641. The maximum absolute atomic E-state index is 4.41. The minimum Gasteiger partial charge on any atom is -0.360 e. The molecule has 1 unspecified atom stereocenters. The first-order valence-electron chi connectivity index (χ1n) is 4.73. The lowest BCUT2D eigenvalue weighted by atomic mass is 10.3. The van der Waals surface area contributed by atoms with Crippen LogP contribution in [-0.2, 0) is 6.54 Å². The van der Waals surface area contributed by atoms with E-state index in [1.54, 1.807) is 11.3 Å². The van der Waals surface area contributed by atoms with Crippen LogP contribution in [-0.4, -0.2) is 17.0 Å². The van der Waals surface area contributed by atoms with Gasteiger partial charge in [0.05, 0.1) is 13.1 Å². The Bertz CT molecular complexity index is 344. The fourth-order valence-corrected chi connectivity index (χ4v) is 2.97. The molecule has 0 spiro atoms. The quantitative estimate of drug-likeness (QED) is 0.838. The number of hydrogen-bond donors (Lipinski definition) is 1. The molecule has 0 radical (unpaired) electrons. The Labute approximate surface area is 92.8 Å². The Kier molecular flexibility index (Phi) is 3.13. The molecule has 2 heterocycles. The zero-order valence-corrected chi connectivity index (χ0v) is 10.0. The van der Waals surface area contributed by atoms with Crippen molar-refractivity contribution in [2.45, 2.75) is 25.6 Å².